The monoisotopic (exact) mass is 304 g/mol. The molecule has 0 saturated heterocycles. The van der Waals surface area contributed by atoms with Gasteiger partial charge >= 0.3 is 0 Å². The van der Waals surface area contributed by atoms with Crippen molar-refractivity contribution in [2.24, 2.45) is 0 Å². The van der Waals surface area contributed by atoms with Gasteiger partial charge in [-0.3, -0.25) is 0 Å². The lowest BCUT2D eigenvalue weighted by atomic mass is 10.0. The summed E-state index contributed by atoms with van der Waals surface area (Å²) in [6.07, 6.45) is -0.155. The highest BCUT2D eigenvalue weighted by molar-refractivity contribution is 6.31. The first kappa shape index (κ1) is 14.2. The normalized spacial score (nSPS) is 12.5. The van der Waals surface area contributed by atoms with E-state index in [1.54, 1.807) is 0 Å². The predicted octanol–water partition coefficient (Wildman–Crippen LogP) is 5.28. The second-order valence-electron chi connectivity index (χ2n) is 4.01. The van der Waals surface area contributed by atoms with E-state index in [1.807, 2.05) is 0 Å². The fourth-order valence-electron chi connectivity index (χ4n) is 1.78. The molecule has 2 aromatic rings. The molecule has 2 aromatic carbocycles. The van der Waals surface area contributed by atoms with Crippen molar-refractivity contribution in [2.45, 2.75) is 11.8 Å². The molecule has 0 fully saturated rings. The number of benzene rings is 2. The van der Waals surface area contributed by atoms with E-state index in [2.05, 4.69) is 0 Å². The number of hydrogen-bond acceptors (Lipinski definition) is 0. The smallest absolute Gasteiger partial charge is 0.146 e. The quantitative estimate of drug-likeness (QED) is 0.677. The molecule has 0 nitrogen and oxygen atoms in total. The molecule has 0 aliphatic rings. The molecule has 1 unspecified atom stereocenters. The molecule has 19 heavy (non-hydrogen) atoms. The highest BCUT2D eigenvalue weighted by Crippen LogP contribution is 2.31. The van der Waals surface area contributed by atoms with Gasteiger partial charge < -0.3 is 0 Å². The van der Waals surface area contributed by atoms with Crippen LogP contribution in [0.15, 0.2) is 36.4 Å². The lowest BCUT2D eigenvalue weighted by molar-refractivity contribution is 0.548. The van der Waals surface area contributed by atoms with Crippen LogP contribution < -0.4 is 0 Å². The van der Waals surface area contributed by atoms with Gasteiger partial charge in [-0.2, -0.15) is 0 Å². The Morgan fingerprint density at radius 2 is 1.53 bits per heavy atom. The second kappa shape index (κ2) is 5.85. The highest BCUT2D eigenvalue weighted by Gasteiger charge is 2.19. The van der Waals surface area contributed by atoms with Gasteiger partial charge in [0.05, 0.1) is 10.4 Å². The van der Waals surface area contributed by atoms with Crippen LogP contribution in [-0.2, 0) is 6.42 Å². The molecule has 5 heteroatoms. The first-order chi connectivity index (χ1) is 9.00. The van der Waals surface area contributed by atoms with E-state index >= 15 is 0 Å². The summed E-state index contributed by atoms with van der Waals surface area (Å²) in [5.41, 5.74) is -0.0429. The van der Waals surface area contributed by atoms with Crippen LogP contribution in [-0.4, -0.2) is 0 Å². The van der Waals surface area contributed by atoms with Crippen molar-refractivity contribution >= 4 is 23.2 Å². The maximum absolute atomic E-state index is 13.8. The van der Waals surface area contributed by atoms with Crippen molar-refractivity contribution < 1.29 is 13.2 Å². The van der Waals surface area contributed by atoms with E-state index in [-0.39, 0.29) is 22.6 Å². The van der Waals surface area contributed by atoms with Gasteiger partial charge in [0.25, 0.3) is 0 Å². The number of alkyl halides is 1. The fourth-order valence-corrected chi connectivity index (χ4v) is 2.28. The van der Waals surface area contributed by atoms with Crippen LogP contribution in [0.4, 0.5) is 13.2 Å². The highest BCUT2D eigenvalue weighted by atomic mass is 35.5. The van der Waals surface area contributed by atoms with E-state index in [0.717, 1.165) is 12.1 Å². The summed E-state index contributed by atoms with van der Waals surface area (Å²) in [7, 11) is 0. The summed E-state index contributed by atoms with van der Waals surface area (Å²) in [6.45, 7) is 0. The molecule has 1 atom stereocenters. The van der Waals surface area contributed by atoms with Gasteiger partial charge in [0.15, 0.2) is 0 Å². The minimum absolute atomic E-state index is 0.0721. The predicted molar refractivity (Wildman–Crippen MR) is 70.1 cm³/mol. The van der Waals surface area contributed by atoms with Gasteiger partial charge in [-0.1, -0.05) is 29.8 Å². The lowest BCUT2D eigenvalue weighted by Crippen LogP contribution is -2.03. The van der Waals surface area contributed by atoms with Crippen LogP contribution in [0.25, 0.3) is 0 Å². The molecule has 100 valence electrons. The molecule has 0 bridgehead atoms. The Balaban J connectivity index is 2.31. The van der Waals surface area contributed by atoms with Crippen molar-refractivity contribution in [2.75, 3.05) is 0 Å². The van der Waals surface area contributed by atoms with Crippen LogP contribution in [0.5, 0.6) is 0 Å². The van der Waals surface area contributed by atoms with Gasteiger partial charge in [0, 0.05) is 11.1 Å². The lowest BCUT2D eigenvalue weighted by Gasteiger charge is -2.13. The van der Waals surface area contributed by atoms with Gasteiger partial charge in [0.2, 0.25) is 0 Å². The Labute approximate surface area is 118 Å². The minimum Gasteiger partial charge on any atom is -0.207 e. The van der Waals surface area contributed by atoms with E-state index in [9.17, 15) is 13.2 Å². The molecule has 0 amide bonds. The van der Waals surface area contributed by atoms with E-state index in [4.69, 9.17) is 23.2 Å². The van der Waals surface area contributed by atoms with Crippen molar-refractivity contribution in [3.8, 4) is 0 Å². The third-order valence-corrected chi connectivity index (χ3v) is 3.45. The SMILES string of the molecule is Fc1cccc(F)c1CC(Cl)c1cccc(Cl)c1F. The molecule has 0 saturated carbocycles. The van der Waals surface area contributed by atoms with Gasteiger partial charge in [-0.25, -0.2) is 13.2 Å². The minimum atomic E-state index is -0.898. The van der Waals surface area contributed by atoms with Crippen LogP contribution >= 0.6 is 23.2 Å². The Morgan fingerprint density at radius 3 is 2.16 bits per heavy atom. The summed E-state index contributed by atoms with van der Waals surface area (Å²) in [6, 6.07) is 7.89. The zero-order chi connectivity index (χ0) is 14.0. The molecule has 2 rings (SSSR count). The number of hydrogen-bond donors (Lipinski definition) is 0. The number of halogens is 5. The average molecular weight is 305 g/mol. The molecular formula is C14H9Cl2F3. The summed E-state index contributed by atoms with van der Waals surface area (Å²) >= 11 is 11.7. The van der Waals surface area contributed by atoms with Crippen LogP contribution in [0.2, 0.25) is 5.02 Å². The third kappa shape index (κ3) is 3.04. The van der Waals surface area contributed by atoms with Crippen LogP contribution in [0.3, 0.4) is 0 Å². The average Bonchev–Trinajstić information content (AvgIpc) is 2.37. The molecule has 0 aliphatic carbocycles. The Morgan fingerprint density at radius 1 is 0.947 bits per heavy atom. The van der Waals surface area contributed by atoms with Gasteiger partial charge in [0.1, 0.15) is 17.5 Å². The second-order valence-corrected chi connectivity index (χ2v) is 4.95. The fraction of sp³-hybridized carbons (Fsp3) is 0.143. The maximum Gasteiger partial charge on any atom is 0.146 e. The molecule has 0 spiro atoms. The largest absolute Gasteiger partial charge is 0.207 e. The summed E-state index contributed by atoms with van der Waals surface area (Å²) < 4.78 is 40.7. The Kier molecular flexibility index (Phi) is 4.38. The molecule has 0 N–H and O–H groups in total. The molecular weight excluding hydrogens is 296 g/mol. The topological polar surface area (TPSA) is 0 Å². The van der Waals surface area contributed by atoms with E-state index in [1.165, 1.54) is 24.3 Å². The first-order valence-electron chi connectivity index (χ1n) is 5.51. The summed E-state index contributed by atoms with van der Waals surface area (Å²) in [5, 5.41) is -0.970. The van der Waals surface area contributed by atoms with E-state index < -0.39 is 22.8 Å². The standard InChI is InChI=1S/C14H9Cl2F3/c15-10-4-1-3-8(14(10)19)11(16)7-9-12(17)5-2-6-13(9)18/h1-6,11H,7H2. The zero-order valence-electron chi connectivity index (χ0n) is 9.64. The maximum atomic E-state index is 13.8. The first-order valence-corrected chi connectivity index (χ1v) is 6.33. The van der Waals surface area contributed by atoms with Gasteiger partial charge in [-0.15, -0.1) is 11.6 Å². The molecule has 0 heterocycles. The van der Waals surface area contributed by atoms with Crippen LogP contribution in [0, 0.1) is 17.5 Å². The molecule has 0 radical (unpaired) electrons. The zero-order valence-corrected chi connectivity index (χ0v) is 11.2. The van der Waals surface area contributed by atoms with Crippen LogP contribution in [0.1, 0.15) is 16.5 Å². The summed E-state index contributed by atoms with van der Waals surface area (Å²) in [4.78, 5) is 0. The Hall–Kier alpha value is -1.19. The van der Waals surface area contributed by atoms with Crippen molar-refractivity contribution in [1.82, 2.24) is 0 Å². The van der Waals surface area contributed by atoms with Crippen molar-refractivity contribution in [1.29, 1.82) is 0 Å². The third-order valence-electron chi connectivity index (χ3n) is 2.76. The van der Waals surface area contributed by atoms with Gasteiger partial charge in [-0.05, 0) is 24.6 Å². The van der Waals surface area contributed by atoms with E-state index in [0.29, 0.717) is 0 Å². The number of rotatable bonds is 3. The summed E-state index contributed by atoms with van der Waals surface area (Å²) in [5.74, 6) is -2.07. The van der Waals surface area contributed by atoms with Crippen molar-refractivity contribution in [3.63, 3.8) is 0 Å². The van der Waals surface area contributed by atoms with Crippen molar-refractivity contribution in [3.05, 3.63) is 70.0 Å². The molecule has 0 aromatic heterocycles. The molecule has 0 aliphatic heterocycles. The Bertz CT molecular complexity index is 579.